The van der Waals surface area contributed by atoms with Gasteiger partial charge in [-0.2, -0.15) is 0 Å². The van der Waals surface area contributed by atoms with Crippen LogP contribution in [0.25, 0.3) is 5.57 Å². The predicted molar refractivity (Wildman–Crippen MR) is 95.0 cm³/mol. The van der Waals surface area contributed by atoms with Gasteiger partial charge >= 0.3 is 0 Å². The van der Waals surface area contributed by atoms with Gasteiger partial charge in [0, 0.05) is 30.4 Å². The van der Waals surface area contributed by atoms with Gasteiger partial charge in [-0.3, -0.25) is 9.59 Å². The second kappa shape index (κ2) is 6.72. The van der Waals surface area contributed by atoms with E-state index in [1.165, 1.54) is 24.3 Å². The summed E-state index contributed by atoms with van der Waals surface area (Å²) in [5, 5.41) is 0. The summed E-state index contributed by atoms with van der Waals surface area (Å²) in [5.74, 6) is -1.24. The van der Waals surface area contributed by atoms with Gasteiger partial charge in [0.1, 0.15) is 5.82 Å². The first kappa shape index (κ1) is 16.5. The second-order valence-electron chi connectivity index (χ2n) is 6.16. The number of fused-ring (bicyclic) bond motifs is 1. The van der Waals surface area contributed by atoms with Crippen LogP contribution in [-0.2, 0) is 9.53 Å². The zero-order chi connectivity index (χ0) is 18.1. The Kier molecular flexibility index (Phi) is 4.26. The number of hydrogen-bond donors (Lipinski definition) is 0. The van der Waals surface area contributed by atoms with Crippen molar-refractivity contribution in [2.45, 2.75) is 0 Å². The number of rotatable bonds is 2. The molecular weight excluding hydrogens is 335 g/mol. The van der Waals surface area contributed by atoms with Crippen LogP contribution in [0.1, 0.15) is 15.9 Å². The predicted octanol–water partition coefficient (Wildman–Crippen LogP) is 2.69. The highest BCUT2D eigenvalue weighted by Crippen LogP contribution is 2.32. The van der Waals surface area contributed by atoms with E-state index in [9.17, 15) is 14.0 Å². The number of ether oxygens (including phenoxy) is 1. The molecule has 0 N–H and O–H groups in total. The Balaban J connectivity index is 1.81. The van der Waals surface area contributed by atoms with Crippen molar-refractivity contribution >= 4 is 23.1 Å². The highest BCUT2D eigenvalue weighted by molar-refractivity contribution is 6.41. The fourth-order valence-electron chi connectivity index (χ4n) is 3.19. The Bertz CT molecular complexity index is 886. The molecule has 2 aliphatic rings. The van der Waals surface area contributed by atoms with Crippen LogP contribution in [0.2, 0.25) is 0 Å². The maximum atomic E-state index is 13.3. The first-order valence-corrected chi connectivity index (χ1v) is 8.42. The number of amides is 2. The van der Waals surface area contributed by atoms with Gasteiger partial charge in [-0.05, 0) is 30.3 Å². The molecule has 1 saturated heterocycles. The number of benzene rings is 2. The molecule has 2 heterocycles. The van der Waals surface area contributed by atoms with Crippen LogP contribution in [0.4, 0.5) is 10.1 Å². The minimum absolute atomic E-state index is 0.351. The molecule has 2 aromatic rings. The number of hydrogen-bond acceptors (Lipinski definition) is 4. The van der Waals surface area contributed by atoms with Crippen molar-refractivity contribution in [1.29, 1.82) is 0 Å². The van der Waals surface area contributed by atoms with Gasteiger partial charge in [-0.1, -0.05) is 18.2 Å². The summed E-state index contributed by atoms with van der Waals surface area (Å²) in [4.78, 5) is 29.2. The molecule has 2 aromatic carbocycles. The van der Waals surface area contributed by atoms with Gasteiger partial charge < -0.3 is 9.64 Å². The molecule has 26 heavy (non-hydrogen) atoms. The van der Waals surface area contributed by atoms with Crippen LogP contribution in [0.5, 0.6) is 0 Å². The summed E-state index contributed by atoms with van der Waals surface area (Å²) in [6, 6.07) is 12.4. The summed E-state index contributed by atoms with van der Waals surface area (Å²) in [5.41, 5.74) is 1.87. The van der Waals surface area contributed by atoms with Crippen molar-refractivity contribution in [3.8, 4) is 0 Å². The van der Waals surface area contributed by atoms with Gasteiger partial charge in [0.15, 0.2) is 0 Å². The number of nitrogens with zero attached hydrogens (tertiary/aromatic N) is 2. The van der Waals surface area contributed by atoms with Crippen molar-refractivity contribution in [3.63, 3.8) is 0 Å². The molecule has 0 aromatic heterocycles. The number of halogens is 1. The third-order valence-corrected chi connectivity index (χ3v) is 4.53. The van der Waals surface area contributed by atoms with Crippen molar-refractivity contribution < 1.29 is 18.7 Å². The minimum atomic E-state index is -0.421. The van der Waals surface area contributed by atoms with E-state index in [4.69, 9.17) is 4.74 Å². The van der Waals surface area contributed by atoms with Crippen LogP contribution in [0.3, 0.4) is 0 Å². The highest BCUT2D eigenvalue weighted by atomic mass is 19.1. The minimum Gasteiger partial charge on any atom is -0.378 e. The lowest BCUT2D eigenvalue weighted by atomic mass is 9.93. The number of anilines is 1. The molecule has 0 unspecified atom stereocenters. The van der Waals surface area contributed by atoms with Crippen molar-refractivity contribution in [2.75, 3.05) is 31.2 Å². The van der Waals surface area contributed by atoms with Crippen LogP contribution in [0, 0.1) is 5.82 Å². The lowest BCUT2D eigenvalue weighted by Gasteiger charge is -2.31. The monoisotopic (exact) mass is 352 g/mol. The van der Waals surface area contributed by atoms with Gasteiger partial charge in [0.05, 0.1) is 24.5 Å². The molecule has 0 saturated carbocycles. The summed E-state index contributed by atoms with van der Waals surface area (Å²) in [7, 11) is 0. The fourth-order valence-corrected chi connectivity index (χ4v) is 3.19. The quantitative estimate of drug-likeness (QED) is 0.616. The molecule has 0 radical (unpaired) electrons. The number of morpholine rings is 1. The van der Waals surface area contributed by atoms with E-state index in [1.54, 1.807) is 30.5 Å². The molecule has 0 aliphatic carbocycles. The molecule has 6 heteroatoms. The van der Waals surface area contributed by atoms with E-state index in [2.05, 4.69) is 0 Å². The third-order valence-electron chi connectivity index (χ3n) is 4.53. The van der Waals surface area contributed by atoms with E-state index in [-0.39, 0.29) is 0 Å². The Hall–Kier alpha value is -2.99. The summed E-state index contributed by atoms with van der Waals surface area (Å²) in [6.45, 7) is 2.56. The maximum absolute atomic E-state index is 13.3. The van der Waals surface area contributed by atoms with E-state index < -0.39 is 17.6 Å². The molecule has 5 nitrogen and oxygen atoms in total. The van der Waals surface area contributed by atoms with Crippen molar-refractivity contribution in [1.82, 2.24) is 4.90 Å². The average Bonchev–Trinajstić information content (AvgIpc) is 2.67. The summed E-state index contributed by atoms with van der Waals surface area (Å²) in [6.07, 6.45) is 1.80. The van der Waals surface area contributed by atoms with Gasteiger partial charge in [0.2, 0.25) is 0 Å². The van der Waals surface area contributed by atoms with Gasteiger partial charge in [0.25, 0.3) is 11.8 Å². The third kappa shape index (κ3) is 2.88. The Labute approximate surface area is 150 Å². The van der Waals surface area contributed by atoms with Crippen molar-refractivity contribution in [2.24, 2.45) is 0 Å². The average molecular weight is 352 g/mol. The Morgan fingerprint density at radius 3 is 2.23 bits per heavy atom. The van der Waals surface area contributed by atoms with Gasteiger partial charge in [-0.25, -0.2) is 9.29 Å². The molecule has 1 fully saturated rings. The van der Waals surface area contributed by atoms with Crippen LogP contribution >= 0.6 is 0 Å². The van der Waals surface area contributed by atoms with E-state index in [1.807, 2.05) is 4.90 Å². The van der Waals surface area contributed by atoms with Crippen molar-refractivity contribution in [3.05, 3.63) is 71.7 Å². The molecule has 2 aliphatic heterocycles. The summed E-state index contributed by atoms with van der Waals surface area (Å²) < 4.78 is 18.6. The van der Waals surface area contributed by atoms with Crippen LogP contribution in [-0.4, -0.2) is 43.0 Å². The summed E-state index contributed by atoms with van der Waals surface area (Å²) >= 11 is 0. The first-order valence-electron chi connectivity index (χ1n) is 8.42. The van der Waals surface area contributed by atoms with Crippen LogP contribution < -0.4 is 4.90 Å². The zero-order valence-corrected chi connectivity index (χ0v) is 14.0. The number of imide groups is 1. The standard InChI is InChI=1S/C20H17FN2O3/c21-14-5-7-15(8-6-14)23-19(24)17-4-2-1-3-16(17)18(20(23)25)13-22-9-11-26-12-10-22/h1-8,13H,9-12H2. The second-order valence-corrected chi connectivity index (χ2v) is 6.16. The normalized spacial score (nSPS) is 19.0. The van der Waals surface area contributed by atoms with Crippen LogP contribution in [0.15, 0.2) is 54.7 Å². The molecule has 2 amide bonds. The molecule has 0 bridgehead atoms. The Morgan fingerprint density at radius 2 is 1.54 bits per heavy atom. The number of carbonyl (C=O) groups excluding carboxylic acids is 2. The molecule has 132 valence electrons. The lowest BCUT2D eigenvalue weighted by Crippen LogP contribution is -2.43. The fraction of sp³-hybridized carbons (Fsp3) is 0.200. The SMILES string of the molecule is O=C1C(=CN2CCOCC2)c2ccccc2C(=O)N1c1ccc(F)cc1. The molecule has 0 atom stereocenters. The van der Waals surface area contributed by atoms with E-state index in [0.717, 1.165) is 4.90 Å². The first-order chi connectivity index (χ1) is 12.6. The lowest BCUT2D eigenvalue weighted by molar-refractivity contribution is -0.112. The molecule has 4 rings (SSSR count). The van der Waals surface area contributed by atoms with E-state index in [0.29, 0.717) is 48.7 Å². The highest BCUT2D eigenvalue weighted by Gasteiger charge is 2.36. The Morgan fingerprint density at radius 1 is 0.885 bits per heavy atom. The zero-order valence-electron chi connectivity index (χ0n) is 14.0. The van der Waals surface area contributed by atoms with E-state index >= 15 is 0 Å². The molecule has 0 spiro atoms. The topological polar surface area (TPSA) is 49.9 Å². The number of carbonyl (C=O) groups is 2. The smallest absolute Gasteiger partial charge is 0.267 e. The molecular formula is C20H17FN2O3. The largest absolute Gasteiger partial charge is 0.378 e. The van der Waals surface area contributed by atoms with Gasteiger partial charge in [-0.15, -0.1) is 0 Å². The maximum Gasteiger partial charge on any atom is 0.267 e.